The highest BCUT2D eigenvalue weighted by Crippen LogP contribution is 2.06. The molecule has 4 nitrogen and oxygen atoms in total. The van der Waals surface area contributed by atoms with Crippen molar-refractivity contribution in [1.29, 1.82) is 0 Å². The third kappa shape index (κ3) is 6.36. The second-order valence-corrected chi connectivity index (χ2v) is 5.67. The van der Waals surface area contributed by atoms with Crippen molar-refractivity contribution in [3.63, 3.8) is 0 Å². The average Bonchev–Trinajstić information content (AvgIpc) is 2.33. The summed E-state index contributed by atoms with van der Waals surface area (Å²) >= 11 is 0. The van der Waals surface area contributed by atoms with Crippen molar-refractivity contribution in [3.8, 4) is 0 Å². The topological polar surface area (TPSA) is 58.4 Å². The molecule has 0 radical (unpaired) electrons. The maximum absolute atomic E-state index is 11.9. The lowest BCUT2D eigenvalue weighted by Crippen LogP contribution is -2.47. The summed E-state index contributed by atoms with van der Waals surface area (Å²) in [4.78, 5) is 14.0. The summed E-state index contributed by atoms with van der Waals surface area (Å²) in [5, 5.41) is 3.01. The van der Waals surface area contributed by atoms with Crippen molar-refractivity contribution in [2.75, 3.05) is 13.6 Å². The molecule has 0 aromatic carbocycles. The molecule has 3 unspecified atom stereocenters. The van der Waals surface area contributed by atoms with Crippen LogP contribution >= 0.6 is 0 Å². The number of carbonyl (C=O) groups excluding carboxylic acids is 1. The molecule has 0 aliphatic heterocycles. The fraction of sp³-hybridized carbons (Fsp3) is 0.929. The lowest BCUT2D eigenvalue weighted by atomic mass is 10.0. The largest absolute Gasteiger partial charge is 0.352 e. The Hall–Kier alpha value is -0.610. The molecule has 0 saturated heterocycles. The van der Waals surface area contributed by atoms with E-state index in [-0.39, 0.29) is 24.0 Å². The second kappa shape index (κ2) is 8.48. The van der Waals surface area contributed by atoms with Gasteiger partial charge >= 0.3 is 0 Å². The zero-order valence-corrected chi connectivity index (χ0v) is 12.9. The molecule has 0 saturated carbocycles. The number of hydrogen-bond donors (Lipinski definition) is 2. The number of likely N-dealkylation sites (N-methyl/N-ethyl adjacent to an activating group) is 1. The van der Waals surface area contributed by atoms with Gasteiger partial charge in [-0.05, 0) is 39.7 Å². The number of carbonyl (C=O) groups is 1. The summed E-state index contributed by atoms with van der Waals surface area (Å²) in [6.07, 6.45) is 1.88. The SMILES string of the molecule is CCC(C)NC(=O)C(C)N(C)CCC(N)C(C)C. The Morgan fingerprint density at radius 3 is 2.28 bits per heavy atom. The van der Waals surface area contributed by atoms with E-state index in [0.29, 0.717) is 5.92 Å². The van der Waals surface area contributed by atoms with E-state index in [1.807, 2.05) is 20.9 Å². The van der Waals surface area contributed by atoms with Crippen molar-refractivity contribution in [2.45, 2.75) is 65.6 Å². The van der Waals surface area contributed by atoms with Crippen molar-refractivity contribution in [1.82, 2.24) is 10.2 Å². The molecular formula is C14H31N3O. The van der Waals surface area contributed by atoms with Gasteiger partial charge in [-0.1, -0.05) is 20.8 Å². The Balaban J connectivity index is 4.09. The maximum atomic E-state index is 11.9. The van der Waals surface area contributed by atoms with Crippen LogP contribution in [0.3, 0.4) is 0 Å². The first kappa shape index (κ1) is 17.4. The molecule has 0 aromatic heterocycles. The van der Waals surface area contributed by atoms with Crippen molar-refractivity contribution in [3.05, 3.63) is 0 Å². The van der Waals surface area contributed by atoms with Crippen molar-refractivity contribution in [2.24, 2.45) is 11.7 Å². The van der Waals surface area contributed by atoms with E-state index in [1.54, 1.807) is 0 Å². The normalized spacial score (nSPS) is 16.7. The van der Waals surface area contributed by atoms with Gasteiger partial charge < -0.3 is 11.1 Å². The fourth-order valence-corrected chi connectivity index (χ4v) is 1.55. The Labute approximate surface area is 112 Å². The van der Waals surface area contributed by atoms with Crippen molar-refractivity contribution < 1.29 is 4.79 Å². The lowest BCUT2D eigenvalue weighted by molar-refractivity contribution is -0.126. The standard InChI is InChI=1S/C14H31N3O/c1-7-11(4)16-14(18)12(5)17(6)9-8-13(15)10(2)3/h10-13H,7-9,15H2,1-6H3,(H,16,18). The minimum atomic E-state index is -0.0987. The molecule has 0 spiro atoms. The van der Waals surface area contributed by atoms with Gasteiger partial charge in [-0.25, -0.2) is 0 Å². The third-order valence-corrected chi connectivity index (χ3v) is 3.71. The molecule has 0 aromatic rings. The van der Waals surface area contributed by atoms with E-state index in [9.17, 15) is 4.79 Å². The first-order valence-electron chi connectivity index (χ1n) is 7.05. The van der Waals surface area contributed by atoms with Crippen LogP contribution in [0.5, 0.6) is 0 Å². The Morgan fingerprint density at radius 2 is 1.83 bits per heavy atom. The van der Waals surface area contributed by atoms with Crippen LogP contribution in [0.25, 0.3) is 0 Å². The van der Waals surface area contributed by atoms with Crippen LogP contribution in [-0.2, 0) is 4.79 Å². The van der Waals surface area contributed by atoms with E-state index < -0.39 is 0 Å². The average molecular weight is 257 g/mol. The molecule has 18 heavy (non-hydrogen) atoms. The van der Waals surface area contributed by atoms with Gasteiger partial charge in [-0.2, -0.15) is 0 Å². The molecule has 1 amide bonds. The summed E-state index contributed by atoms with van der Waals surface area (Å²) in [7, 11) is 1.98. The smallest absolute Gasteiger partial charge is 0.237 e. The van der Waals surface area contributed by atoms with Crippen LogP contribution in [0.4, 0.5) is 0 Å². The van der Waals surface area contributed by atoms with Gasteiger partial charge in [0.1, 0.15) is 0 Å². The van der Waals surface area contributed by atoms with E-state index in [0.717, 1.165) is 19.4 Å². The maximum Gasteiger partial charge on any atom is 0.237 e. The molecule has 0 aliphatic carbocycles. The molecule has 0 aliphatic rings. The second-order valence-electron chi connectivity index (χ2n) is 5.67. The summed E-state index contributed by atoms with van der Waals surface area (Å²) in [6.45, 7) is 11.2. The third-order valence-electron chi connectivity index (χ3n) is 3.71. The summed E-state index contributed by atoms with van der Waals surface area (Å²) in [5.41, 5.74) is 6.02. The zero-order valence-electron chi connectivity index (χ0n) is 12.9. The van der Waals surface area contributed by atoms with Gasteiger partial charge in [0.2, 0.25) is 5.91 Å². The molecule has 0 bridgehead atoms. The molecule has 0 rings (SSSR count). The van der Waals surface area contributed by atoms with Gasteiger partial charge in [0.25, 0.3) is 0 Å². The first-order valence-corrected chi connectivity index (χ1v) is 7.05. The monoisotopic (exact) mass is 257 g/mol. The lowest BCUT2D eigenvalue weighted by Gasteiger charge is -2.27. The summed E-state index contributed by atoms with van der Waals surface area (Å²) in [5.74, 6) is 0.590. The zero-order chi connectivity index (χ0) is 14.3. The minimum Gasteiger partial charge on any atom is -0.352 e. The van der Waals surface area contributed by atoms with Crippen LogP contribution in [0.1, 0.15) is 47.5 Å². The van der Waals surface area contributed by atoms with Crippen LogP contribution in [0.15, 0.2) is 0 Å². The number of hydrogen-bond acceptors (Lipinski definition) is 3. The van der Waals surface area contributed by atoms with Gasteiger partial charge in [0, 0.05) is 18.6 Å². The molecule has 108 valence electrons. The number of nitrogens with zero attached hydrogens (tertiary/aromatic N) is 1. The molecular weight excluding hydrogens is 226 g/mol. The summed E-state index contributed by atoms with van der Waals surface area (Å²) < 4.78 is 0. The van der Waals surface area contributed by atoms with Crippen LogP contribution in [0.2, 0.25) is 0 Å². The van der Waals surface area contributed by atoms with Gasteiger partial charge in [-0.3, -0.25) is 9.69 Å². The first-order chi connectivity index (χ1) is 8.29. The molecule has 0 fully saturated rings. The van der Waals surface area contributed by atoms with E-state index in [1.165, 1.54) is 0 Å². The number of nitrogens with two attached hydrogens (primary N) is 1. The Bertz CT molecular complexity index is 243. The number of amides is 1. The minimum absolute atomic E-state index is 0.0987. The van der Waals surface area contributed by atoms with Crippen LogP contribution in [-0.4, -0.2) is 42.5 Å². The highest BCUT2D eigenvalue weighted by atomic mass is 16.2. The predicted octanol–water partition coefficient (Wildman–Crippen LogP) is 1.59. The van der Waals surface area contributed by atoms with Crippen LogP contribution < -0.4 is 11.1 Å². The predicted molar refractivity (Wildman–Crippen MR) is 77.4 cm³/mol. The number of rotatable bonds is 8. The van der Waals surface area contributed by atoms with Gasteiger partial charge in [0.15, 0.2) is 0 Å². The van der Waals surface area contributed by atoms with E-state index >= 15 is 0 Å². The highest BCUT2D eigenvalue weighted by Gasteiger charge is 2.19. The van der Waals surface area contributed by atoms with Crippen LogP contribution in [0, 0.1) is 5.92 Å². The van der Waals surface area contributed by atoms with Gasteiger partial charge in [-0.15, -0.1) is 0 Å². The summed E-state index contributed by atoms with van der Waals surface area (Å²) in [6, 6.07) is 0.349. The highest BCUT2D eigenvalue weighted by molar-refractivity contribution is 5.81. The number of nitrogens with one attached hydrogen (secondary N) is 1. The van der Waals surface area contributed by atoms with E-state index in [4.69, 9.17) is 5.73 Å². The van der Waals surface area contributed by atoms with Gasteiger partial charge in [0.05, 0.1) is 6.04 Å². The Morgan fingerprint density at radius 1 is 1.28 bits per heavy atom. The Kier molecular flexibility index (Phi) is 8.20. The quantitative estimate of drug-likeness (QED) is 0.694. The molecule has 0 heterocycles. The molecule has 3 atom stereocenters. The molecule has 3 N–H and O–H groups in total. The molecule has 4 heteroatoms. The fourth-order valence-electron chi connectivity index (χ4n) is 1.55. The van der Waals surface area contributed by atoms with Crippen molar-refractivity contribution >= 4 is 5.91 Å². The van der Waals surface area contributed by atoms with E-state index in [2.05, 4.69) is 31.0 Å².